The molecule has 8 rings (SSSR count). The number of ether oxygens (including phenoxy) is 2. The Kier molecular flexibility index (Phi) is 7.32. The number of benzene rings is 3. The van der Waals surface area contributed by atoms with E-state index in [1.165, 1.54) is 17.0 Å². The average Bonchev–Trinajstić information content (AvgIpc) is 3.80. The normalized spacial score (nSPS) is 24.1. The molecule has 3 aromatic rings. The molecule has 1 aliphatic carbocycles. The lowest BCUT2D eigenvalue weighted by atomic mass is 9.97. The largest absolute Gasteiger partial charge is 0.548 e. The highest BCUT2D eigenvalue weighted by molar-refractivity contribution is 6.20. The Morgan fingerprint density at radius 2 is 1.49 bits per heavy atom. The number of rotatable bonds is 3. The molecule has 1 N–H and O–H groups in total. The van der Waals surface area contributed by atoms with E-state index in [1.807, 2.05) is 45.0 Å². The van der Waals surface area contributed by atoms with E-state index in [1.54, 1.807) is 39.0 Å². The Morgan fingerprint density at radius 1 is 0.843 bits per heavy atom. The van der Waals surface area contributed by atoms with Crippen LogP contribution in [0.1, 0.15) is 78.4 Å². The van der Waals surface area contributed by atoms with E-state index >= 15 is 8.78 Å². The van der Waals surface area contributed by atoms with Gasteiger partial charge in [0.25, 0.3) is 11.8 Å². The summed E-state index contributed by atoms with van der Waals surface area (Å²) in [6, 6.07) is 14.5. The van der Waals surface area contributed by atoms with Gasteiger partial charge in [-0.25, -0.2) is 4.79 Å². The van der Waals surface area contributed by atoms with Crippen molar-refractivity contribution in [1.29, 1.82) is 0 Å². The molecule has 0 spiro atoms. The van der Waals surface area contributed by atoms with Crippen molar-refractivity contribution in [2.75, 3.05) is 18.4 Å². The van der Waals surface area contributed by atoms with Crippen molar-refractivity contribution in [1.82, 2.24) is 14.5 Å². The van der Waals surface area contributed by atoms with Gasteiger partial charge in [-0.3, -0.25) is 9.69 Å². The summed E-state index contributed by atoms with van der Waals surface area (Å²) in [5.74, 6) is -3.02. The van der Waals surface area contributed by atoms with Gasteiger partial charge in [0.2, 0.25) is 5.91 Å². The summed E-state index contributed by atoms with van der Waals surface area (Å²) in [6.45, 7) is 11.9. The molecule has 3 saturated heterocycles. The number of quaternary nitrogens is 1. The van der Waals surface area contributed by atoms with Crippen LogP contribution < -0.4 is 9.91 Å². The number of nitrogens with zero attached hydrogens (tertiary/aromatic N) is 4. The maximum atomic E-state index is 16.2. The Labute approximate surface area is 295 Å². The number of anilines is 1. The minimum absolute atomic E-state index is 0.0716. The van der Waals surface area contributed by atoms with Crippen LogP contribution in [0.3, 0.4) is 0 Å². The van der Waals surface area contributed by atoms with Gasteiger partial charge in [-0.1, -0.05) is 22.8 Å². The molecule has 3 atom stereocenters. The van der Waals surface area contributed by atoms with Crippen molar-refractivity contribution in [2.24, 2.45) is 4.99 Å². The highest BCUT2D eigenvalue weighted by Crippen LogP contribution is 2.55. The van der Waals surface area contributed by atoms with Crippen LogP contribution in [0.5, 0.6) is 0 Å². The molecule has 266 valence electrons. The molecular formula is C39H42F2N5O5+. The predicted octanol–water partition coefficient (Wildman–Crippen LogP) is 8.49. The van der Waals surface area contributed by atoms with Crippen LogP contribution in [0.4, 0.5) is 35.4 Å². The number of nitrogens with one attached hydrogen (secondary N) is 1. The molecule has 3 aromatic carbocycles. The van der Waals surface area contributed by atoms with Crippen molar-refractivity contribution in [3.05, 3.63) is 65.7 Å². The van der Waals surface area contributed by atoms with Gasteiger partial charge in [0, 0.05) is 29.4 Å². The zero-order valence-electron chi connectivity index (χ0n) is 29.7. The lowest BCUT2D eigenvalue weighted by Crippen LogP contribution is -2.81. The van der Waals surface area contributed by atoms with Crippen molar-refractivity contribution in [3.63, 3.8) is 0 Å². The standard InChI is InChI=1S/C39H41F2N5O5/c1-37(2,3)50-35(48)44-17-7-10-31(44)34(47)42-24-13-15-26-25-14-11-22(19-27(25)39(40,41)28(26)21-24)23-12-16-32-29(20-23)43-33-30-9-8-18-45(30)46(32,33)36(49)51-38(4,5)6/h11-16,19-21,30-31H,7-10,17-18H2,1-6H3/p+1/t30-,31+,46?/m1/s1. The van der Waals surface area contributed by atoms with Gasteiger partial charge in [-0.05, 0) is 120 Å². The number of halogens is 2. The molecule has 51 heavy (non-hydrogen) atoms. The number of aliphatic imine (C=N–C) groups is 1. The SMILES string of the molecule is CC(C)(C)OC(=O)N1CCC[C@H]1C(=O)Nc1ccc2c(c1)C(F)(F)c1cc(-c3ccc4c(c3)N=C3[C@H]5CCCN5[N+]34C(=O)OC(C)(C)C)ccc1-2. The first-order valence-corrected chi connectivity index (χ1v) is 17.6. The topological polar surface area (TPSA) is 101 Å². The molecular weight excluding hydrogens is 656 g/mol. The molecule has 12 heteroatoms. The molecule has 0 radical (unpaired) electrons. The summed E-state index contributed by atoms with van der Waals surface area (Å²) >= 11 is 0. The third-order valence-corrected chi connectivity index (χ3v) is 10.2. The molecule has 3 amide bonds. The molecule has 4 aliphatic heterocycles. The van der Waals surface area contributed by atoms with Gasteiger partial charge in [0.05, 0.1) is 6.54 Å². The van der Waals surface area contributed by atoms with Gasteiger partial charge in [-0.15, -0.1) is 5.01 Å². The van der Waals surface area contributed by atoms with Gasteiger partial charge >= 0.3 is 12.2 Å². The molecule has 4 heterocycles. The second-order valence-corrected chi connectivity index (χ2v) is 16.0. The lowest BCUT2D eigenvalue weighted by Gasteiger charge is -2.49. The lowest BCUT2D eigenvalue weighted by molar-refractivity contribution is -0.120. The highest BCUT2D eigenvalue weighted by Gasteiger charge is 2.72. The predicted molar refractivity (Wildman–Crippen MR) is 190 cm³/mol. The minimum Gasteiger partial charge on any atom is -0.444 e. The second-order valence-electron chi connectivity index (χ2n) is 16.0. The fourth-order valence-corrected chi connectivity index (χ4v) is 8.17. The number of hydrogen-bond donors (Lipinski definition) is 1. The summed E-state index contributed by atoms with van der Waals surface area (Å²) in [4.78, 5) is 46.1. The van der Waals surface area contributed by atoms with Crippen LogP contribution >= 0.6 is 0 Å². The molecule has 10 nitrogen and oxygen atoms in total. The number of likely N-dealkylation sites (tertiary alicyclic amines) is 1. The maximum absolute atomic E-state index is 16.2. The Bertz CT molecular complexity index is 2050. The van der Waals surface area contributed by atoms with E-state index in [0.29, 0.717) is 53.0 Å². The van der Waals surface area contributed by atoms with Gasteiger partial charge < -0.3 is 14.8 Å². The zero-order chi connectivity index (χ0) is 36.2. The van der Waals surface area contributed by atoms with Crippen LogP contribution in [-0.4, -0.2) is 70.2 Å². The number of alkyl halides is 2. The fourth-order valence-electron chi connectivity index (χ4n) is 8.17. The highest BCUT2D eigenvalue weighted by atomic mass is 19.3. The number of hydrogen-bond acceptors (Lipinski definition) is 7. The Morgan fingerprint density at radius 3 is 2.22 bits per heavy atom. The van der Waals surface area contributed by atoms with Crippen molar-refractivity contribution in [2.45, 2.75) is 96.4 Å². The van der Waals surface area contributed by atoms with Crippen molar-refractivity contribution in [3.8, 4) is 22.3 Å². The summed E-state index contributed by atoms with van der Waals surface area (Å²) in [5.41, 5.74) is 1.97. The third-order valence-electron chi connectivity index (χ3n) is 10.2. The quantitative estimate of drug-likeness (QED) is 0.276. The van der Waals surface area contributed by atoms with Crippen LogP contribution in [0.25, 0.3) is 22.3 Å². The van der Waals surface area contributed by atoms with Crippen molar-refractivity contribution >= 4 is 41.0 Å². The first-order chi connectivity index (χ1) is 24.0. The average molecular weight is 699 g/mol. The molecule has 3 fully saturated rings. The van der Waals surface area contributed by atoms with Crippen molar-refractivity contribution < 1.29 is 32.6 Å². The zero-order valence-corrected chi connectivity index (χ0v) is 29.7. The third kappa shape index (κ3) is 5.17. The fraction of sp³-hybridized carbons (Fsp3) is 0.436. The first kappa shape index (κ1) is 33.5. The Hall–Kier alpha value is -4.68. The summed E-state index contributed by atoms with van der Waals surface area (Å²) in [7, 11) is 0. The summed E-state index contributed by atoms with van der Waals surface area (Å²) in [6.07, 6.45) is 2.01. The molecule has 0 saturated carbocycles. The maximum Gasteiger partial charge on any atom is 0.548 e. The van der Waals surface area contributed by atoms with Crippen LogP contribution in [0, 0.1) is 0 Å². The van der Waals surface area contributed by atoms with Crippen LogP contribution in [-0.2, 0) is 20.2 Å². The minimum atomic E-state index is -3.32. The van der Waals surface area contributed by atoms with E-state index < -0.39 is 35.2 Å². The van der Waals surface area contributed by atoms with E-state index in [9.17, 15) is 14.4 Å². The summed E-state index contributed by atoms with van der Waals surface area (Å²) < 4.78 is 43.7. The van der Waals surface area contributed by atoms with Gasteiger partial charge in [0.1, 0.15) is 22.9 Å². The number of carbonyl (C=O) groups is 3. The van der Waals surface area contributed by atoms with Gasteiger partial charge in [-0.2, -0.15) is 18.6 Å². The molecule has 0 bridgehead atoms. The first-order valence-electron chi connectivity index (χ1n) is 17.6. The number of amidine groups is 1. The number of fused-ring (bicyclic) bond motifs is 9. The summed E-state index contributed by atoms with van der Waals surface area (Å²) in [5, 5.41) is 4.90. The van der Waals surface area contributed by atoms with Gasteiger partial charge in [0.15, 0.2) is 11.7 Å². The molecule has 0 aromatic heterocycles. The van der Waals surface area contributed by atoms with Crippen LogP contribution in [0.2, 0.25) is 0 Å². The monoisotopic (exact) mass is 698 g/mol. The molecule has 5 aliphatic rings. The number of carbonyl (C=O) groups excluding carboxylic acids is 3. The van der Waals surface area contributed by atoms with E-state index in [4.69, 9.17) is 14.5 Å². The van der Waals surface area contributed by atoms with E-state index in [2.05, 4.69) is 10.3 Å². The van der Waals surface area contributed by atoms with Crippen LogP contribution in [0.15, 0.2) is 59.6 Å². The molecule has 1 unspecified atom stereocenters. The van der Waals surface area contributed by atoms with E-state index in [-0.39, 0.29) is 33.5 Å². The van der Waals surface area contributed by atoms with E-state index in [0.717, 1.165) is 25.2 Å². The number of amides is 3. The Balaban J connectivity index is 1.05. The second kappa shape index (κ2) is 11.2. The smallest absolute Gasteiger partial charge is 0.444 e.